The predicted molar refractivity (Wildman–Crippen MR) is 72.4 cm³/mol. The summed E-state index contributed by atoms with van der Waals surface area (Å²) < 4.78 is 0. The Bertz CT molecular complexity index is 506. The normalized spacial score (nSPS) is 20.6. The molecule has 0 spiro atoms. The van der Waals surface area contributed by atoms with Crippen molar-refractivity contribution in [1.29, 1.82) is 0 Å². The van der Waals surface area contributed by atoms with Crippen molar-refractivity contribution in [3.8, 4) is 0 Å². The quantitative estimate of drug-likeness (QED) is 0.870. The molecule has 1 saturated heterocycles. The van der Waals surface area contributed by atoms with E-state index in [0.717, 1.165) is 0 Å². The van der Waals surface area contributed by atoms with Gasteiger partial charge in [-0.25, -0.2) is 0 Å². The number of rotatable bonds is 4. The van der Waals surface area contributed by atoms with Crippen LogP contribution in [-0.4, -0.2) is 33.8 Å². The number of carboxylic acids is 1. The van der Waals surface area contributed by atoms with E-state index in [2.05, 4.69) is 0 Å². The molecule has 2 rings (SSSR count). The van der Waals surface area contributed by atoms with E-state index < -0.39 is 12.0 Å². The number of nitrogens with zero attached hydrogens (tertiary/aromatic N) is 1. The lowest BCUT2D eigenvalue weighted by Crippen LogP contribution is -2.32. The van der Waals surface area contributed by atoms with E-state index in [0.29, 0.717) is 17.1 Å². The molecule has 1 fully saturated rings. The minimum atomic E-state index is -0.962. The second-order valence-corrected chi connectivity index (χ2v) is 5.57. The fourth-order valence-electron chi connectivity index (χ4n) is 2.27. The van der Waals surface area contributed by atoms with Gasteiger partial charge in [0.2, 0.25) is 5.91 Å². The molecule has 1 aromatic rings. The number of amides is 1. The van der Waals surface area contributed by atoms with Gasteiger partial charge in [0.15, 0.2) is 0 Å². The summed E-state index contributed by atoms with van der Waals surface area (Å²) in [5, 5.41) is 9.28. The monoisotopic (exact) mass is 301 g/mol. The lowest BCUT2D eigenvalue weighted by Gasteiger charge is -2.27. The van der Waals surface area contributed by atoms with E-state index in [-0.39, 0.29) is 24.1 Å². The average molecular weight is 302 g/mol. The number of hydrogen-bond donors (Lipinski definition) is 1. The number of alkyl halides is 1. The average Bonchev–Trinajstić information content (AvgIpc) is 2.65. The van der Waals surface area contributed by atoms with Crippen molar-refractivity contribution in [2.45, 2.75) is 24.3 Å². The molecule has 1 aliphatic heterocycles. The summed E-state index contributed by atoms with van der Waals surface area (Å²) in [6.07, 6.45) is 0.0912. The number of aliphatic carboxylic acids is 1. The molecule has 0 saturated carbocycles. The fraction of sp³-hybridized carbons (Fsp3) is 0.385. The van der Waals surface area contributed by atoms with Crippen LogP contribution in [0.1, 0.15) is 24.4 Å². The molecule has 2 atom stereocenters. The molecule has 0 aromatic heterocycles. The second kappa shape index (κ2) is 5.80. The van der Waals surface area contributed by atoms with Crippen molar-refractivity contribution < 1.29 is 14.7 Å². The molecule has 6 heteroatoms. The van der Waals surface area contributed by atoms with E-state index in [9.17, 15) is 9.59 Å². The van der Waals surface area contributed by atoms with E-state index >= 15 is 0 Å². The van der Waals surface area contributed by atoms with Crippen molar-refractivity contribution in [1.82, 2.24) is 4.90 Å². The molecule has 102 valence electrons. The molecular weight excluding hydrogens is 289 g/mol. The van der Waals surface area contributed by atoms with E-state index in [4.69, 9.17) is 28.3 Å². The van der Waals surface area contributed by atoms with Crippen LogP contribution in [0, 0.1) is 0 Å². The maximum atomic E-state index is 11.9. The predicted octanol–water partition coefficient (Wildman–Crippen LogP) is 2.70. The minimum absolute atomic E-state index is 0.119. The Balaban J connectivity index is 2.30. The molecule has 1 aromatic carbocycles. The molecule has 0 aliphatic carbocycles. The summed E-state index contributed by atoms with van der Waals surface area (Å²) >= 11 is 11.9. The summed E-state index contributed by atoms with van der Waals surface area (Å²) in [6.45, 7) is 0.366. The first-order chi connectivity index (χ1) is 8.97. The number of carbonyl (C=O) groups excluding carboxylic acids is 1. The summed E-state index contributed by atoms with van der Waals surface area (Å²) in [6, 6.07) is 6.38. The van der Waals surface area contributed by atoms with Gasteiger partial charge in [0, 0.05) is 18.0 Å². The largest absolute Gasteiger partial charge is 0.481 e. The zero-order chi connectivity index (χ0) is 14.0. The van der Waals surface area contributed by atoms with Gasteiger partial charge in [-0.3, -0.25) is 9.59 Å². The van der Waals surface area contributed by atoms with Crippen LogP contribution in [-0.2, 0) is 9.59 Å². The van der Waals surface area contributed by atoms with E-state index in [1.165, 1.54) is 4.90 Å². The number of hydrogen-bond acceptors (Lipinski definition) is 2. The van der Waals surface area contributed by atoms with Gasteiger partial charge >= 0.3 is 5.97 Å². The van der Waals surface area contributed by atoms with Crippen molar-refractivity contribution in [3.05, 3.63) is 34.9 Å². The third-order valence-electron chi connectivity index (χ3n) is 3.09. The Morgan fingerprint density at radius 2 is 2.26 bits per heavy atom. The summed E-state index contributed by atoms with van der Waals surface area (Å²) in [5.41, 5.74) is 0.717. The molecule has 4 nitrogen and oxygen atoms in total. The van der Waals surface area contributed by atoms with Crippen molar-refractivity contribution in [3.63, 3.8) is 0 Å². The highest BCUT2D eigenvalue weighted by Crippen LogP contribution is 2.31. The van der Waals surface area contributed by atoms with Crippen LogP contribution in [0.3, 0.4) is 0 Å². The Kier molecular flexibility index (Phi) is 4.32. The van der Waals surface area contributed by atoms with Gasteiger partial charge in [-0.1, -0.05) is 23.7 Å². The van der Waals surface area contributed by atoms with Crippen LogP contribution < -0.4 is 0 Å². The van der Waals surface area contributed by atoms with Gasteiger partial charge < -0.3 is 10.0 Å². The highest BCUT2D eigenvalue weighted by atomic mass is 35.5. The topological polar surface area (TPSA) is 57.6 Å². The van der Waals surface area contributed by atoms with Crippen LogP contribution in [0.2, 0.25) is 5.02 Å². The second-order valence-electron chi connectivity index (χ2n) is 4.52. The third-order valence-corrected chi connectivity index (χ3v) is 3.62. The van der Waals surface area contributed by atoms with Gasteiger partial charge in [0.25, 0.3) is 0 Å². The van der Waals surface area contributed by atoms with Crippen molar-refractivity contribution in [2.75, 3.05) is 6.54 Å². The maximum absolute atomic E-state index is 11.9. The smallest absolute Gasteiger partial charge is 0.305 e. The molecule has 1 amide bonds. The zero-order valence-electron chi connectivity index (χ0n) is 10.1. The first-order valence-electron chi connectivity index (χ1n) is 5.88. The van der Waals surface area contributed by atoms with Gasteiger partial charge in [-0.05, 0) is 17.7 Å². The van der Waals surface area contributed by atoms with Crippen LogP contribution in [0.25, 0.3) is 0 Å². The van der Waals surface area contributed by atoms with Crippen LogP contribution in [0.15, 0.2) is 24.3 Å². The number of carbonyl (C=O) groups is 2. The first kappa shape index (κ1) is 14.2. The number of halogens is 2. The number of benzene rings is 1. The van der Waals surface area contributed by atoms with E-state index in [1.54, 1.807) is 24.3 Å². The van der Waals surface area contributed by atoms with Crippen LogP contribution >= 0.6 is 23.2 Å². The summed E-state index contributed by atoms with van der Waals surface area (Å²) in [4.78, 5) is 24.4. The third kappa shape index (κ3) is 3.39. The highest BCUT2D eigenvalue weighted by Gasteiger charge is 2.35. The number of carboxylic acid groups (broad SMARTS) is 1. The molecule has 1 heterocycles. The lowest BCUT2D eigenvalue weighted by atomic mass is 10.0. The fourth-order valence-corrected chi connectivity index (χ4v) is 2.75. The van der Waals surface area contributed by atoms with Crippen molar-refractivity contribution in [2.24, 2.45) is 0 Å². The number of likely N-dealkylation sites (tertiary alicyclic amines) is 1. The molecule has 0 radical (unpaired) electrons. The Labute approximate surface area is 120 Å². The summed E-state index contributed by atoms with van der Waals surface area (Å²) in [7, 11) is 0. The molecule has 2 unspecified atom stereocenters. The van der Waals surface area contributed by atoms with E-state index in [1.807, 2.05) is 0 Å². The van der Waals surface area contributed by atoms with Crippen molar-refractivity contribution >= 4 is 35.1 Å². The Hall–Kier alpha value is -1.26. The maximum Gasteiger partial charge on any atom is 0.305 e. The SMILES string of the molecule is O=C(O)CC(c1cccc(Cl)c1)N1CC(Cl)CC1=O. The molecular formula is C13H13Cl2NO3. The van der Waals surface area contributed by atoms with Gasteiger partial charge in [0.1, 0.15) is 0 Å². The first-order valence-corrected chi connectivity index (χ1v) is 6.69. The molecule has 0 bridgehead atoms. The lowest BCUT2D eigenvalue weighted by molar-refractivity contribution is -0.139. The zero-order valence-corrected chi connectivity index (χ0v) is 11.6. The summed E-state index contributed by atoms with van der Waals surface area (Å²) in [5.74, 6) is -1.08. The molecule has 1 aliphatic rings. The molecule has 19 heavy (non-hydrogen) atoms. The molecule has 1 N–H and O–H groups in total. The standard InChI is InChI=1S/C13H13Cl2NO3/c14-9-3-1-2-8(4-9)11(6-13(18)19)16-7-10(15)5-12(16)17/h1-4,10-11H,5-7H2,(H,18,19). The van der Waals surface area contributed by atoms with Gasteiger partial charge in [-0.15, -0.1) is 11.6 Å². The highest BCUT2D eigenvalue weighted by molar-refractivity contribution is 6.30. The van der Waals surface area contributed by atoms with Gasteiger partial charge in [0.05, 0.1) is 17.8 Å². The van der Waals surface area contributed by atoms with Crippen LogP contribution in [0.5, 0.6) is 0 Å². The Morgan fingerprint density at radius 1 is 1.53 bits per heavy atom. The van der Waals surface area contributed by atoms with Gasteiger partial charge in [-0.2, -0.15) is 0 Å². The van der Waals surface area contributed by atoms with Crippen LogP contribution in [0.4, 0.5) is 0 Å². The Morgan fingerprint density at radius 3 is 2.79 bits per heavy atom. The minimum Gasteiger partial charge on any atom is -0.481 e.